The van der Waals surface area contributed by atoms with Crippen LogP contribution >= 0.6 is 11.8 Å². The number of ketones is 1. The Labute approximate surface area is 171 Å². The molecular weight excluding hydrogens is 368 g/mol. The van der Waals surface area contributed by atoms with Gasteiger partial charge in [0.2, 0.25) is 11.1 Å². The van der Waals surface area contributed by atoms with Crippen molar-refractivity contribution in [2.75, 3.05) is 11.1 Å². The first-order valence-corrected chi connectivity index (χ1v) is 11.3. The van der Waals surface area contributed by atoms with Crippen molar-refractivity contribution >= 4 is 23.5 Å². The van der Waals surface area contributed by atoms with Gasteiger partial charge < -0.3 is 5.32 Å². The van der Waals surface area contributed by atoms with Crippen LogP contribution in [0.3, 0.4) is 0 Å². The van der Waals surface area contributed by atoms with E-state index in [1.54, 1.807) is 11.8 Å². The van der Waals surface area contributed by atoms with Gasteiger partial charge in [0.25, 0.3) is 0 Å². The van der Waals surface area contributed by atoms with E-state index in [9.17, 15) is 4.79 Å². The zero-order valence-corrected chi connectivity index (χ0v) is 17.5. The monoisotopic (exact) mass is 396 g/mol. The summed E-state index contributed by atoms with van der Waals surface area (Å²) in [5.74, 6) is 2.02. The predicted octanol–water partition coefficient (Wildman–Crippen LogP) is 5.28. The molecule has 0 saturated heterocycles. The molecule has 4 rings (SSSR count). The molecule has 28 heavy (non-hydrogen) atoms. The largest absolute Gasteiger partial charge is 0.328 e. The summed E-state index contributed by atoms with van der Waals surface area (Å²) in [4.78, 5) is 17.5. The second kappa shape index (κ2) is 8.52. The SMILES string of the molecule is CCCCCCSc1nc2n(n1)C(c1ccc(C)cc1)C1=C(CCCC1=O)N2. The second-order valence-corrected chi connectivity index (χ2v) is 8.74. The van der Waals surface area contributed by atoms with Gasteiger partial charge in [-0.15, -0.1) is 5.10 Å². The molecular formula is C22H28N4OS. The summed E-state index contributed by atoms with van der Waals surface area (Å²) in [5.41, 5.74) is 4.21. The first-order chi connectivity index (χ1) is 13.7. The molecule has 1 unspecified atom stereocenters. The number of carbonyl (C=O) groups is 1. The Hall–Kier alpha value is -2.08. The van der Waals surface area contributed by atoms with Crippen molar-refractivity contribution in [2.45, 2.75) is 70.0 Å². The summed E-state index contributed by atoms with van der Waals surface area (Å²) in [6.45, 7) is 4.31. The number of allylic oxidation sites excluding steroid dienone is 2. The van der Waals surface area contributed by atoms with Crippen molar-refractivity contribution in [3.05, 3.63) is 46.7 Å². The van der Waals surface area contributed by atoms with Crippen molar-refractivity contribution in [3.63, 3.8) is 0 Å². The molecule has 0 spiro atoms. The fraction of sp³-hybridized carbons (Fsp3) is 0.500. The number of unbranched alkanes of at least 4 members (excludes halogenated alkanes) is 3. The van der Waals surface area contributed by atoms with Crippen LogP contribution in [0.1, 0.15) is 69.0 Å². The number of carbonyl (C=O) groups excluding carboxylic acids is 1. The van der Waals surface area contributed by atoms with Gasteiger partial charge in [-0.2, -0.15) is 4.98 Å². The van der Waals surface area contributed by atoms with Crippen LogP contribution < -0.4 is 5.32 Å². The fourth-order valence-corrected chi connectivity index (χ4v) is 4.77. The van der Waals surface area contributed by atoms with Gasteiger partial charge in [0.1, 0.15) is 6.04 Å². The molecule has 1 N–H and O–H groups in total. The number of Topliss-reactive ketones (excluding diaryl/α,β-unsaturated/α-hetero) is 1. The molecule has 6 heteroatoms. The molecule has 1 aromatic carbocycles. The van der Waals surface area contributed by atoms with Gasteiger partial charge in [0.05, 0.1) is 0 Å². The molecule has 0 saturated carbocycles. The third kappa shape index (κ3) is 3.88. The van der Waals surface area contributed by atoms with Gasteiger partial charge in [-0.05, 0) is 31.7 Å². The number of hydrogen-bond acceptors (Lipinski definition) is 5. The first-order valence-electron chi connectivity index (χ1n) is 10.4. The van der Waals surface area contributed by atoms with Gasteiger partial charge in [-0.3, -0.25) is 4.79 Å². The average Bonchev–Trinajstić information content (AvgIpc) is 3.09. The van der Waals surface area contributed by atoms with E-state index in [0.717, 1.165) is 46.5 Å². The zero-order valence-electron chi connectivity index (χ0n) is 16.7. The number of nitrogens with one attached hydrogen (secondary N) is 1. The molecule has 1 aromatic heterocycles. The lowest BCUT2D eigenvalue weighted by Gasteiger charge is -2.32. The lowest BCUT2D eigenvalue weighted by atomic mass is 9.85. The van der Waals surface area contributed by atoms with Gasteiger partial charge in [0.15, 0.2) is 5.78 Å². The smallest absolute Gasteiger partial charge is 0.227 e. The molecule has 1 aliphatic heterocycles. The molecule has 2 aromatic rings. The van der Waals surface area contributed by atoms with Crippen molar-refractivity contribution in [1.29, 1.82) is 0 Å². The Bertz CT molecular complexity index is 884. The third-order valence-electron chi connectivity index (χ3n) is 5.47. The normalized spacial score (nSPS) is 18.6. The van der Waals surface area contributed by atoms with Crippen molar-refractivity contribution in [1.82, 2.24) is 14.8 Å². The first kappa shape index (κ1) is 19.2. The minimum Gasteiger partial charge on any atom is -0.328 e. The van der Waals surface area contributed by atoms with Crippen LogP contribution in [0.15, 0.2) is 40.7 Å². The molecule has 0 amide bonds. The standard InChI is InChI=1S/C22H28N4OS/c1-3-4-5-6-14-28-22-24-21-23-17-8-7-9-18(27)19(17)20(26(21)25-22)16-12-10-15(2)11-13-16/h10-13,20H,3-9,14H2,1-2H3,(H,23,24,25). The van der Waals surface area contributed by atoms with Crippen LogP contribution in [0, 0.1) is 6.92 Å². The summed E-state index contributed by atoms with van der Waals surface area (Å²) in [7, 11) is 0. The van der Waals surface area contributed by atoms with E-state index in [2.05, 4.69) is 43.4 Å². The molecule has 2 aliphatic rings. The van der Waals surface area contributed by atoms with E-state index in [-0.39, 0.29) is 11.8 Å². The van der Waals surface area contributed by atoms with Gasteiger partial charge >= 0.3 is 0 Å². The maximum atomic E-state index is 12.8. The molecule has 148 valence electrons. The highest BCUT2D eigenvalue weighted by Gasteiger charge is 2.36. The summed E-state index contributed by atoms with van der Waals surface area (Å²) < 4.78 is 1.92. The highest BCUT2D eigenvalue weighted by molar-refractivity contribution is 7.99. The summed E-state index contributed by atoms with van der Waals surface area (Å²) in [6, 6.07) is 8.25. The van der Waals surface area contributed by atoms with Crippen LogP contribution in [0.4, 0.5) is 5.95 Å². The molecule has 2 heterocycles. The number of benzene rings is 1. The van der Waals surface area contributed by atoms with Crippen LogP contribution in [-0.2, 0) is 4.79 Å². The van der Waals surface area contributed by atoms with E-state index >= 15 is 0 Å². The maximum absolute atomic E-state index is 12.8. The van der Waals surface area contributed by atoms with E-state index in [0.29, 0.717) is 6.42 Å². The maximum Gasteiger partial charge on any atom is 0.227 e. The summed E-state index contributed by atoms with van der Waals surface area (Å²) >= 11 is 1.71. The van der Waals surface area contributed by atoms with Crippen molar-refractivity contribution < 1.29 is 4.79 Å². The molecule has 0 radical (unpaired) electrons. The van der Waals surface area contributed by atoms with Crippen molar-refractivity contribution in [3.8, 4) is 0 Å². The zero-order chi connectivity index (χ0) is 19.5. The minimum atomic E-state index is -0.179. The summed E-state index contributed by atoms with van der Waals surface area (Å²) in [5, 5.41) is 9.00. The molecule has 0 bridgehead atoms. The predicted molar refractivity (Wildman–Crippen MR) is 114 cm³/mol. The van der Waals surface area contributed by atoms with Crippen LogP contribution in [0.5, 0.6) is 0 Å². The lowest BCUT2D eigenvalue weighted by molar-refractivity contribution is -0.116. The number of nitrogens with zero attached hydrogens (tertiary/aromatic N) is 3. The Kier molecular flexibility index (Phi) is 5.85. The quantitative estimate of drug-likeness (QED) is 0.509. The van der Waals surface area contributed by atoms with E-state index < -0.39 is 0 Å². The molecule has 5 nitrogen and oxygen atoms in total. The number of rotatable bonds is 7. The number of anilines is 1. The Morgan fingerprint density at radius 2 is 2.00 bits per heavy atom. The van der Waals surface area contributed by atoms with Crippen LogP contribution in [-0.4, -0.2) is 26.3 Å². The minimum absolute atomic E-state index is 0.179. The Morgan fingerprint density at radius 1 is 1.18 bits per heavy atom. The number of aryl methyl sites for hydroxylation is 1. The Balaban J connectivity index is 1.64. The molecule has 0 fully saturated rings. The highest BCUT2D eigenvalue weighted by atomic mass is 32.2. The van der Waals surface area contributed by atoms with E-state index in [1.807, 2.05) is 4.68 Å². The number of hydrogen-bond donors (Lipinski definition) is 1. The highest BCUT2D eigenvalue weighted by Crippen LogP contribution is 2.40. The third-order valence-corrected chi connectivity index (χ3v) is 6.39. The topological polar surface area (TPSA) is 59.8 Å². The second-order valence-electron chi connectivity index (χ2n) is 7.68. The average molecular weight is 397 g/mol. The van der Waals surface area contributed by atoms with E-state index in [4.69, 9.17) is 10.1 Å². The van der Waals surface area contributed by atoms with Gasteiger partial charge in [-0.25, -0.2) is 4.68 Å². The van der Waals surface area contributed by atoms with Crippen LogP contribution in [0.2, 0.25) is 0 Å². The fourth-order valence-electron chi connectivity index (χ4n) is 3.95. The number of aromatic nitrogens is 3. The van der Waals surface area contributed by atoms with Gasteiger partial charge in [-0.1, -0.05) is 67.8 Å². The van der Waals surface area contributed by atoms with Gasteiger partial charge in [0, 0.05) is 23.4 Å². The van der Waals surface area contributed by atoms with Crippen molar-refractivity contribution in [2.24, 2.45) is 0 Å². The molecule has 1 atom stereocenters. The van der Waals surface area contributed by atoms with Crippen LogP contribution in [0.25, 0.3) is 0 Å². The lowest BCUT2D eigenvalue weighted by Crippen LogP contribution is -2.31. The molecule has 1 aliphatic carbocycles. The Morgan fingerprint density at radius 3 is 2.79 bits per heavy atom. The summed E-state index contributed by atoms with van der Waals surface area (Å²) in [6.07, 6.45) is 7.38. The van der Waals surface area contributed by atoms with E-state index in [1.165, 1.54) is 31.2 Å². The number of thioether (sulfide) groups is 1. The number of fused-ring (bicyclic) bond motifs is 1.